The minimum atomic E-state index is -0.684. The average Bonchev–Trinajstić information content (AvgIpc) is 3.57. The van der Waals surface area contributed by atoms with Crippen LogP contribution in [-0.4, -0.2) is 51.7 Å². The van der Waals surface area contributed by atoms with Crippen molar-refractivity contribution in [3.63, 3.8) is 0 Å². The predicted molar refractivity (Wildman–Crippen MR) is 179 cm³/mol. The van der Waals surface area contributed by atoms with E-state index < -0.39 is 11.7 Å². The van der Waals surface area contributed by atoms with Crippen LogP contribution in [0.25, 0.3) is 16.2 Å². The van der Waals surface area contributed by atoms with Gasteiger partial charge in [-0.1, -0.05) is 47.1 Å². The first kappa shape index (κ1) is 39.5. The molecule has 9 nitrogen and oxygen atoms in total. The van der Waals surface area contributed by atoms with Gasteiger partial charge in [-0.25, -0.2) is 4.79 Å². The van der Waals surface area contributed by atoms with Crippen LogP contribution in [-0.2, 0) is 29.6 Å². The molecule has 3 aromatic rings. The number of carbonyl (C=O) groups is 3. The summed E-state index contributed by atoms with van der Waals surface area (Å²) in [6.45, 7) is 16.3. The number of nitrogens with one attached hydrogen (secondary N) is 3. The largest absolute Gasteiger partial charge is 1.00 e. The number of nitrogens with zero attached hydrogens (tertiary/aromatic N) is 2. The van der Waals surface area contributed by atoms with Gasteiger partial charge in [0.05, 0.1) is 23.3 Å². The van der Waals surface area contributed by atoms with Gasteiger partial charge in [-0.05, 0) is 51.8 Å². The molecule has 0 bridgehead atoms. The van der Waals surface area contributed by atoms with Gasteiger partial charge < -0.3 is 38.4 Å². The molecule has 0 saturated carbocycles. The maximum Gasteiger partial charge on any atom is 0.315 e. The summed E-state index contributed by atoms with van der Waals surface area (Å²) in [6, 6.07) is 7.34. The van der Waals surface area contributed by atoms with E-state index in [1.54, 1.807) is 45.2 Å². The number of aromatic nitrogens is 1. The number of ether oxygens (including phenoxy) is 1. The van der Waals surface area contributed by atoms with Crippen molar-refractivity contribution in [2.24, 2.45) is 0 Å². The molecular formula is C34H45ClIrN5O4S-3. The Kier molecular flexibility index (Phi) is 14.5. The second-order valence-corrected chi connectivity index (χ2v) is 13.9. The number of benzene rings is 1. The van der Waals surface area contributed by atoms with E-state index >= 15 is 0 Å². The number of anilines is 1. The Morgan fingerprint density at radius 3 is 2.37 bits per heavy atom. The number of hydrogen-bond donors (Lipinski definition) is 3. The van der Waals surface area contributed by atoms with E-state index in [-0.39, 0.29) is 56.5 Å². The van der Waals surface area contributed by atoms with Gasteiger partial charge in [0.1, 0.15) is 5.60 Å². The molecule has 0 unspecified atom stereocenters. The van der Waals surface area contributed by atoms with Crippen LogP contribution in [0.1, 0.15) is 74.3 Å². The van der Waals surface area contributed by atoms with Gasteiger partial charge in [0.25, 0.3) is 0 Å². The van der Waals surface area contributed by atoms with Crippen molar-refractivity contribution >= 4 is 52.1 Å². The smallest absolute Gasteiger partial charge is 0.315 e. The first-order chi connectivity index (χ1) is 20.7. The molecule has 1 radical (unpaired) electrons. The third kappa shape index (κ3) is 9.89. The van der Waals surface area contributed by atoms with E-state index in [1.807, 2.05) is 17.8 Å². The van der Waals surface area contributed by atoms with Crippen LogP contribution in [0.2, 0.25) is 0 Å². The minimum Gasteiger partial charge on any atom is -1.00 e. The second-order valence-electron chi connectivity index (χ2n) is 12.7. The van der Waals surface area contributed by atoms with Gasteiger partial charge in [0, 0.05) is 49.1 Å². The molecule has 46 heavy (non-hydrogen) atoms. The van der Waals surface area contributed by atoms with Gasteiger partial charge in [-0.3, -0.25) is 14.6 Å². The van der Waals surface area contributed by atoms with Crippen LogP contribution in [0.5, 0.6) is 0 Å². The van der Waals surface area contributed by atoms with Crippen LogP contribution in [0.4, 0.5) is 21.0 Å². The predicted octanol–water partition coefficient (Wildman–Crippen LogP) is 4.79. The van der Waals surface area contributed by atoms with Gasteiger partial charge in [0.2, 0.25) is 12.0 Å². The first-order valence-electron chi connectivity index (χ1n) is 15.3. The molecule has 2 saturated heterocycles. The van der Waals surface area contributed by atoms with Gasteiger partial charge in [-0.15, -0.1) is 5.69 Å². The van der Waals surface area contributed by atoms with E-state index in [1.165, 1.54) is 27.8 Å². The zero-order valence-corrected chi connectivity index (χ0v) is 31.8. The zero-order valence-electron chi connectivity index (χ0n) is 27.8. The van der Waals surface area contributed by atoms with Crippen molar-refractivity contribution in [1.29, 1.82) is 0 Å². The van der Waals surface area contributed by atoms with E-state index in [2.05, 4.69) is 60.9 Å². The molecule has 12 heteroatoms. The molecular weight excluding hydrogens is 802 g/mol. The summed E-state index contributed by atoms with van der Waals surface area (Å²) in [5, 5.41) is 14.1. The van der Waals surface area contributed by atoms with Crippen LogP contribution >= 0.6 is 11.8 Å². The van der Waals surface area contributed by atoms with E-state index in [4.69, 9.17) is 4.74 Å². The van der Waals surface area contributed by atoms with E-state index in [0.717, 1.165) is 25.0 Å². The normalized spacial score (nSPS) is 18.2. The SMILES string of the molecule is CC(C)(C)OC(=O)[N-]c1ccc(NC(=O)CCCC[C@@H]2SC[C@@H]3NC(=O)N[C@@H]32)c2cccnc12.Cc1c(C)c(C)[c-](C)c1C.[Cl-].[Ir]. The average molecular weight is 848 g/mol. The number of thioether (sulfide) groups is 1. The minimum absolute atomic E-state index is 0. The Morgan fingerprint density at radius 1 is 1.09 bits per heavy atom. The number of rotatable bonds is 7. The quantitative estimate of drug-likeness (QED) is 0.179. The second kappa shape index (κ2) is 16.9. The summed E-state index contributed by atoms with van der Waals surface area (Å²) in [6.07, 6.45) is 3.99. The topological polar surface area (TPSA) is 124 Å². The molecule has 4 amide bonds. The maximum atomic E-state index is 12.6. The number of unbranched alkanes of at least 4 members (excludes halogenated alkanes) is 1. The van der Waals surface area contributed by atoms with Crippen molar-refractivity contribution < 1.29 is 51.6 Å². The molecule has 2 fully saturated rings. The standard InChI is InChI=1S/C24H31N5O4S.C10H15.ClH.Ir/c1-24(2,3)33-23(32)28-16-11-10-15(14-7-6-12-25-20(14)16)26-19(30)9-5-4-8-18-21-17(13-34-18)27-22(31)29-21;1-6-7(2)9(4)10(5)8(6)3;;/h6-7,10-12,17-18,21H,4-5,8-9,13H2,1-3H3,(H4,25,26,27,28,29,30,31,32);1-5H3;1H;/q;-1;;/p-2/t17-,18-,21-;;;/m0.../s1. The summed E-state index contributed by atoms with van der Waals surface area (Å²) in [5.74, 6) is 0.862. The van der Waals surface area contributed by atoms with Crippen molar-refractivity contribution in [3.8, 4) is 0 Å². The van der Waals surface area contributed by atoms with Crippen LogP contribution in [0.3, 0.4) is 0 Å². The van der Waals surface area contributed by atoms with Crippen molar-refractivity contribution in [1.82, 2.24) is 15.6 Å². The number of fused-ring (bicyclic) bond motifs is 2. The molecule has 0 aliphatic carbocycles. The molecule has 5 rings (SSSR count). The Labute approximate surface area is 296 Å². The Hall–Kier alpha value is -2.72. The maximum absolute atomic E-state index is 12.6. The van der Waals surface area contributed by atoms with Crippen LogP contribution in [0, 0.1) is 34.6 Å². The molecule has 0 spiro atoms. The number of pyridine rings is 1. The molecule has 1 aromatic heterocycles. The summed E-state index contributed by atoms with van der Waals surface area (Å²) in [4.78, 5) is 40.6. The Morgan fingerprint density at radius 2 is 1.76 bits per heavy atom. The molecule has 2 aromatic carbocycles. The molecule has 3 atom stereocenters. The third-order valence-electron chi connectivity index (χ3n) is 8.52. The summed E-state index contributed by atoms with van der Waals surface area (Å²) < 4.78 is 5.28. The van der Waals surface area contributed by atoms with E-state index in [9.17, 15) is 14.4 Å². The van der Waals surface area contributed by atoms with Crippen molar-refractivity contribution in [2.45, 2.75) is 104 Å². The summed E-state index contributed by atoms with van der Waals surface area (Å²) in [5.41, 5.74) is 8.24. The van der Waals surface area contributed by atoms with Gasteiger partial charge >= 0.3 is 6.03 Å². The van der Waals surface area contributed by atoms with Crippen molar-refractivity contribution in [3.05, 3.63) is 63.6 Å². The summed E-state index contributed by atoms with van der Waals surface area (Å²) in [7, 11) is 0. The summed E-state index contributed by atoms with van der Waals surface area (Å²) >= 11 is 1.88. The molecule has 255 valence electrons. The number of urea groups is 1. The first-order valence-corrected chi connectivity index (χ1v) is 16.3. The fourth-order valence-electron chi connectivity index (χ4n) is 5.63. The van der Waals surface area contributed by atoms with Gasteiger partial charge in [-0.2, -0.15) is 39.6 Å². The van der Waals surface area contributed by atoms with Gasteiger partial charge in [0.15, 0.2) is 0 Å². The monoisotopic (exact) mass is 847 g/mol. The number of halogens is 1. The molecule has 3 N–H and O–H groups in total. The molecule has 3 heterocycles. The molecule has 2 aliphatic rings. The van der Waals surface area contributed by atoms with Crippen LogP contribution < -0.4 is 28.4 Å². The zero-order chi connectivity index (χ0) is 32.2. The molecule has 2 aliphatic heterocycles. The fourth-order valence-corrected chi connectivity index (χ4v) is 7.18. The Bertz CT molecular complexity index is 1460. The fraction of sp³-hybridized carbons (Fsp3) is 0.500. The number of carbonyl (C=O) groups excluding carboxylic acids is 3. The Balaban J connectivity index is 0.000000527. The third-order valence-corrected chi connectivity index (χ3v) is 10.0. The van der Waals surface area contributed by atoms with Crippen molar-refractivity contribution in [2.75, 3.05) is 11.1 Å². The van der Waals surface area contributed by atoms with Crippen LogP contribution in [0.15, 0.2) is 30.5 Å². The number of amides is 4. The number of hydrogen-bond acceptors (Lipinski definition) is 6. The van der Waals surface area contributed by atoms with E-state index in [0.29, 0.717) is 33.9 Å².